The van der Waals surface area contributed by atoms with E-state index in [1.54, 1.807) is 52.6 Å². The van der Waals surface area contributed by atoms with Gasteiger partial charge in [-0.3, -0.25) is 13.9 Å². The lowest BCUT2D eigenvalue weighted by molar-refractivity contribution is 0.102. The van der Waals surface area contributed by atoms with Crippen molar-refractivity contribution >= 4 is 22.6 Å². The average Bonchev–Trinajstić information content (AvgIpc) is 3.05. The van der Waals surface area contributed by atoms with Crippen LogP contribution in [-0.4, -0.2) is 22.2 Å². The fourth-order valence-corrected chi connectivity index (χ4v) is 3.55. The Morgan fingerprint density at radius 1 is 0.900 bits per heavy atom. The van der Waals surface area contributed by atoms with Crippen LogP contribution in [-0.2, 0) is 13.1 Å². The van der Waals surface area contributed by atoms with Crippen LogP contribution in [0.5, 0.6) is 5.75 Å². The Balaban J connectivity index is 1.53. The van der Waals surface area contributed by atoms with Crippen LogP contribution in [0.25, 0.3) is 11.0 Å². The molecule has 4 aromatic rings. The molecule has 0 radical (unpaired) electrons. The molecule has 0 aliphatic heterocycles. The molecule has 6 heteroatoms. The van der Waals surface area contributed by atoms with Crippen molar-refractivity contribution in [3.63, 3.8) is 0 Å². The quantitative estimate of drug-likeness (QED) is 0.528. The predicted molar refractivity (Wildman–Crippen MR) is 118 cm³/mol. The number of carbonyl (C=O) groups excluding carboxylic acids is 1. The summed E-state index contributed by atoms with van der Waals surface area (Å²) in [5.74, 6) is 0.545. The van der Waals surface area contributed by atoms with E-state index in [1.165, 1.54) is 0 Å². The molecule has 0 spiro atoms. The van der Waals surface area contributed by atoms with Gasteiger partial charge in [-0.2, -0.15) is 0 Å². The lowest BCUT2D eigenvalue weighted by atomic mass is 10.1. The molecule has 0 unspecified atom stereocenters. The second-order valence-corrected chi connectivity index (χ2v) is 6.98. The topological polar surface area (TPSA) is 65.3 Å². The third kappa shape index (κ3) is 3.72. The van der Waals surface area contributed by atoms with Crippen LogP contribution in [0, 0.1) is 0 Å². The number of ether oxygens (including phenoxy) is 1. The first kappa shape index (κ1) is 19.5. The molecule has 4 rings (SSSR count). The van der Waals surface area contributed by atoms with Crippen LogP contribution in [0.2, 0.25) is 0 Å². The molecule has 1 amide bonds. The third-order valence-electron chi connectivity index (χ3n) is 5.15. The first-order valence-corrected chi connectivity index (χ1v) is 9.83. The van der Waals surface area contributed by atoms with E-state index < -0.39 is 0 Å². The standard InChI is InChI=1S/C24H23N3O3/c1-3-26-21-6-4-5-7-22(21)27(24(26)29)16-17-8-10-18(11-9-17)23(28)25-19-12-14-20(30-2)15-13-19/h4-15H,3,16H2,1-2H3,(H,25,28). The third-order valence-corrected chi connectivity index (χ3v) is 5.15. The lowest BCUT2D eigenvalue weighted by Gasteiger charge is -2.08. The molecular formula is C24H23N3O3. The minimum atomic E-state index is -0.188. The summed E-state index contributed by atoms with van der Waals surface area (Å²) in [7, 11) is 1.60. The normalized spacial score (nSPS) is 10.9. The maximum absolute atomic E-state index is 12.8. The number of anilines is 1. The van der Waals surface area contributed by atoms with E-state index in [9.17, 15) is 9.59 Å². The number of carbonyl (C=O) groups is 1. The Labute approximate surface area is 174 Å². The molecular weight excluding hydrogens is 378 g/mol. The zero-order valence-electron chi connectivity index (χ0n) is 17.0. The average molecular weight is 401 g/mol. The molecule has 6 nitrogen and oxygen atoms in total. The second-order valence-electron chi connectivity index (χ2n) is 6.98. The molecule has 3 aromatic carbocycles. The number of nitrogens with one attached hydrogen (secondary N) is 1. The van der Waals surface area contributed by atoms with Crippen LogP contribution < -0.4 is 15.7 Å². The van der Waals surface area contributed by atoms with Crippen molar-refractivity contribution in [2.24, 2.45) is 0 Å². The van der Waals surface area contributed by atoms with Gasteiger partial charge in [0.1, 0.15) is 5.75 Å². The molecule has 30 heavy (non-hydrogen) atoms. The number of hydrogen-bond donors (Lipinski definition) is 1. The number of hydrogen-bond acceptors (Lipinski definition) is 3. The highest BCUT2D eigenvalue weighted by Gasteiger charge is 2.12. The Hall–Kier alpha value is -3.80. The smallest absolute Gasteiger partial charge is 0.329 e. The Morgan fingerprint density at radius 3 is 2.13 bits per heavy atom. The van der Waals surface area contributed by atoms with Gasteiger partial charge in [0.05, 0.1) is 24.7 Å². The summed E-state index contributed by atoms with van der Waals surface area (Å²) < 4.78 is 8.67. The summed E-state index contributed by atoms with van der Waals surface area (Å²) in [6.45, 7) is 3.04. The van der Waals surface area contributed by atoms with Crippen LogP contribution >= 0.6 is 0 Å². The lowest BCUT2D eigenvalue weighted by Crippen LogP contribution is -2.24. The van der Waals surface area contributed by atoms with Crippen molar-refractivity contribution in [2.75, 3.05) is 12.4 Å². The van der Waals surface area contributed by atoms with E-state index in [0.717, 1.165) is 22.3 Å². The second kappa shape index (κ2) is 8.29. The van der Waals surface area contributed by atoms with E-state index in [1.807, 2.05) is 43.3 Å². The predicted octanol–water partition coefficient (Wildman–Crippen LogP) is 4.13. The fraction of sp³-hybridized carbons (Fsp3) is 0.167. The SMILES string of the molecule is CCn1c(=O)n(Cc2ccc(C(=O)Nc3ccc(OC)cc3)cc2)c2ccccc21. The van der Waals surface area contributed by atoms with Crippen LogP contribution in [0.3, 0.4) is 0 Å². The van der Waals surface area contributed by atoms with Gasteiger partial charge in [-0.15, -0.1) is 0 Å². The van der Waals surface area contributed by atoms with Crippen molar-refractivity contribution in [1.82, 2.24) is 9.13 Å². The summed E-state index contributed by atoms with van der Waals surface area (Å²) in [6, 6.07) is 22.3. The number of imidazole rings is 1. The molecule has 0 aliphatic carbocycles. The van der Waals surface area contributed by atoms with E-state index in [2.05, 4.69) is 5.32 Å². The number of rotatable bonds is 6. The molecule has 0 atom stereocenters. The molecule has 0 aliphatic rings. The van der Waals surface area contributed by atoms with Gasteiger partial charge in [-0.05, 0) is 61.0 Å². The van der Waals surface area contributed by atoms with Crippen LogP contribution in [0.4, 0.5) is 5.69 Å². The zero-order valence-corrected chi connectivity index (χ0v) is 17.0. The van der Waals surface area contributed by atoms with E-state index in [4.69, 9.17) is 4.74 Å². The summed E-state index contributed by atoms with van der Waals surface area (Å²) in [6.07, 6.45) is 0. The van der Waals surface area contributed by atoms with Gasteiger partial charge < -0.3 is 10.1 Å². The minimum absolute atomic E-state index is 0.0278. The Bertz CT molecular complexity index is 1240. The number of aryl methyl sites for hydroxylation is 1. The first-order chi connectivity index (χ1) is 14.6. The maximum Gasteiger partial charge on any atom is 0.329 e. The number of nitrogens with zero attached hydrogens (tertiary/aromatic N) is 2. The van der Waals surface area contributed by atoms with Crippen molar-refractivity contribution in [3.8, 4) is 5.75 Å². The number of methoxy groups -OCH3 is 1. The van der Waals surface area contributed by atoms with Gasteiger partial charge in [-0.1, -0.05) is 24.3 Å². The van der Waals surface area contributed by atoms with Gasteiger partial charge in [0, 0.05) is 17.8 Å². The number of para-hydroxylation sites is 2. The Morgan fingerprint density at radius 2 is 1.53 bits per heavy atom. The summed E-state index contributed by atoms with van der Waals surface area (Å²) in [4.78, 5) is 25.3. The van der Waals surface area contributed by atoms with Gasteiger partial charge in [0.25, 0.3) is 5.91 Å². The van der Waals surface area contributed by atoms with E-state index in [0.29, 0.717) is 24.3 Å². The van der Waals surface area contributed by atoms with Gasteiger partial charge in [0.15, 0.2) is 0 Å². The highest BCUT2D eigenvalue weighted by Crippen LogP contribution is 2.17. The number of aromatic nitrogens is 2. The molecule has 1 aromatic heterocycles. The van der Waals surface area contributed by atoms with Gasteiger partial charge >= 0.3 is 5.69 Å². The summed E-state index contributed by atoms with van der Waals surface area (Å²) >= 11 is 0. The highest BCUT2D eigenvalue weighted by molar-refractivity contribution is 6.04. The molecule has 0 bridgehead atoms. The fourth-order valence-electron chi connectivity index (χ4n) is 3.55. The van der Waals surface area contributed by atoms with Gasteiger partial charge in [0.2, 0.25) is 0 Å². The maximum atomic E-state index is 12.8. The van der Waals surface area contributed by atoms with Crippen LogP contribution in [0.15, 0.2) is 77.6 Å². The monoisotopic (exact) mass is 401 g/mol. The van der Waals surface area contributed by atoms with Crippen molar-refractivity contribution < 1.29 is 9.53 Å². The zero-order chi connectivity index (χ0) is 21.1. The molecule has 0 fully saturated rings. The first-order valence-electron chi connectivity index (χ1n) is 9.83. The summed E-state index contributed by atoms with van der Waals surface area (Å²) in [5.41, 5.74) is 4.02. The van der Waals surface area contributed by atoms with Crippen molar-refractivity contribution in [2.45, 2.75) is 20.0 Å². The molecule has 1 N–H and O–H groups in total. The Kier molecular flexibility index (Phi) is 5.39. The molecule has 152 valence electrons. The number of benzene rings is 3. The number of fused-ring (bicyclic) bond motifs is 1. The van der Waals surface area contributed by atoms with Crippen LogP contribution in [0.1, 0.15) is 22.8 Å². The molecule has 0 saturated carbocycles. The van der Waals surface area contributed by atoms with Gasteiger partial charge in [-0.25, -0.2) is 4.79 Å². The van der Waals surface area contributed by atoms with E-state index in [-0.39, 0.29) is 11.6 Å². The summed E-state index contributed by atoms with van der Waals surface area (Å²) in [5, 5.41) is 2.87. The highest BCUT2D eigenvalue weighted by atomic mass is 16.5. The van der Waals surface area contributed by atoms with Crippen molar-refractivity contribution in [1.29, 1.82) is 0 Å². The molecule has 1 heterocycles. The molecule has 0 saturated heterocycles. The minimum Gasteiger partial charge on any atom is -0.497 e. The number of amides is 1. The largest absolute Gasteiger partial charge is 0.497 e. The van der Waals surface area contributed by atoms with E-state index >= 15 is 0 Å². The van der Waals surface area contributed by atoms with Crippen molar-refractivity contribution in [3.05, 3.63) is 94.4 Å².